The van der Waals surface area contributed by atoms with Gasteiger partial charge >= 0.3 is 0 Å². The molecule has 2 heterocycles. The lowest BCUT2D eigenvalue weighted by atomic mass is 9.97. The summed E-state index contributed by atoms with van der Waals surface area (Å²) in [6.07, 6.45) is 4.11. The van der Waals surface area contributed by atoms with Crippen LogP contribution in [0.3, 0.4) is 0 Å². The Bertz CT molecular complexity index is 883. The first kappa shape index (κ1) is 18.6. The summed E-state index contributed by atoms with van der Waals surface area (Å²) in [5.74, 6) is 0.239. The number of anilines is 1. The highest BCUT2D eigenvalue weighted by Gasteiger charge is 2.29. The van der Waals surface area contributed by atoms with Crippen LogP contribution >= 0.6 is 0 Å². The van der Waals surface area contributed by atoms with Crippen molar-refractivity contribution in [2.75, 3.05) is 24.7 Å². The van der Waals surface area contributed by atoms with Crippen molar-refractivity contribution in [1.82, 2.24) is 14.1 Å². The number of benzene rings is 1. The molecule has 0 bridgehead atoms. The maximum atomic E-state index is 12.4. The lowest BCUT2D eigenvalue weighted by molar-refractivity contribution is -0.120. The SMILES string of the molecule is Cc1ccccc1Cn1ccc(NC(=O)C2CCN(S(C)(=O)=O)CC2)n1. The van der Waals surface area contributed by atoms with E-state index in [4.69, 9.17) is 0 Å². The third-order valence-corrected chi connectivity index (χ3v) is 6.08. The van der Waals surface area contributed by atoms with Gasteiger partial charge in [0, 0.05) is 31.3 Å². The van der Waals surface area contributed by atoms with E-state index in [1.54, 1.807) is 10.7 Å². The second kappa shape index (κ2) is 7.59. The molecule has 1 aromatic heterocycles. The summed E-state index contributed by atoms with van der Waals surface area (Å²) < 4.78 is 26.3. The van der Waals surface area contributed by atoms with Gasteiger partial charge in [-0.2, -0.15) is 5.10 Å². The molecule has 0 unspecified atom stereocenters. The minimum absolute atomic E-state index is 0.0979. The molecule has 140 valence electrons. The molecular formula is C18H24N4O3S. The van der Waals surface area contributed by atoms with Gasteiger partial charge in [0.1, 0.15) is 0 Å². The van der Waals surface area contributed by atoms with Gasteiger partial charge in [-0.15, -0.1) is 0 Å². The van der Waals surface area contributed by atoms with Gasteiger partial charge in [-0.3, -0.25) is 9.48 Å². The molecule has 1 amide bonds. The van der Waals surface area contributed by atoms with Crippen molar-refractivity contribution in [2.24, 2.45) is 5.92 Å². The first-order valence-corrected chi connectivity index (χ1v) is 10.5. The highest BCUT2D eigenvalue weighted by atomic mass is 32.2. The van der Waals surface area contributed by atoms with Crippen molar-refractivity contribution < 1.29 is 13.2 Å². The second-order valence-corrected chi connectivity index (χ2v) is 8.73. The number of carbonyl (C=O) groups is 1. The number of nitrogens with one attached hydrogen (secondary N) is 1. The zero-order valence-electron chi connectivity index (χ0n) is 15.1. The predicted molar refractivity (Wildman–Crippen MR) is 100 cm³/mol. The molecule has 3 rings (SSSR count). The molecule has 2 aromatic rings. The lowest BCUT2D eigenvalue weighted by Gasteiger charge is -2.29. The Kier molecular flexibility index (Phi) is 5.43. The van der Waals surface area contributed by atoms with Crippen LogP contribution in [0.4, 0.5) is 5.82 Å². The third kappa shape index (κ3) is 4.50. The first-order chi connectivity index (χ1) is 12.3. The van der Waals surface area contributed by atoms with Crippen LogP contribution in [0.1, 0.15) is 24.0 Å². The van der Waals surface area contributed by atoms with E-state index >= 15 is 0 Å². The molecule has 0 radical (unpaired) electrons. The van der Waals surface area contributed by atoms with E-state index in [0.717, 1.165) is 0 Å². The maximum absolute atomic E-state index is 12.4. The van der Waals surface area contributed by atoms with Crippen molar-refractivity contribution in [2.45, 2.75) is 26.3 Å². The number of hydrogen-bond acceptors (Lipinski definition) is 4. The molecule has 1 fully saturated rings. The molecule has 0 aliphatic carbocycles. The highest BCUT2D eigenvalue weighted by Crippen LogP contribution is 2.20. The van der Waals surface area contributed by atoms with Gasteiger partial charge in [0.25, 0.3) is 0 Å². The van der Waals surface area contributed by atoms with Crippen molar-refractivity contribution in [3.8, 4) is 0 Å². The van der Waals surface area contributed by atoms with Gasteiger partial charge in [0.2, 0.25) is 15.9 Å². The normalized spacial score (nSPS) is 16.5. The zero-order chi connectivity index (χ0) is 18.7. The molecule has 26 heavy (non-hydrogen) atoms. The summed E-state index contributed by atoms with van der Waals surface area (Å²) in [7, 11) is -3.18. The fourth-order valence-corrected chi connectivity index (χ4v) is 4.03. The fraction of sp³-hybridized carbons (Fsp3) is 0.444. The quantitative estimate of drug-likeness (QED) is 0.863. The summed E-state index contributed by atoms with van der Waals surface area (Å²) in [6.45, 7) is 3.48. The number of rotatable bonds is 5. The van der Waals surface area contributed by atoms with Crippen LogP contribution in [0, 0.1) is 12.8 Å². The Morgan fingerprint density at radius 3 is 2.58 bits per heavy atom. The number of nitrogens with zero attached hydrogens (tertiary/aromatic N) is 3. The molecule has 0 saturated carbocycles. The average Bonchev–Trinajstić information content (AvgIpc) is 3.03. The van der Waals surface area contributed by atoms with Crippen LogP contribution < -0.4 is 5.32 Å². The molecule has 7 nitrogen and oxygen atoms in total. The third-order valence-electron chi connectivity index (χ3n) is 4.78. The van der Waals surface area contributed by atoms with Gasteiger partial charge in [-0.05, 0) is 30.9 Å². The first-order valence-electron chi connectivity index (χ1n) is 8.67. The monoisotopic (exact) mass is 376 g/mol. The number of aromatic nitrogens is 2. The van der Waals surface area contributed by atoms with Gasteiger partial charge in [-0.1, -0.05) is 24.3 Å². The van der Waals surface area contributed by atoms with Crippen molar-refractivity contribution in [3.63, 3.8) is 0 Å². The lowest BCUT2D eigenvalue weighted by Crippen LogP contribution is -2.40. The molecule has 0 atom stereocenters. The average molecular weight is 376 g/mol. The Morgan fingerprint density at radius 1 is 1.23 bits per heavy atom. The standard InChI is InChI=1S/C18H24N4O3S/c1-14-5-3-4-6-16(14)13-21-10-9-17(20-21)19-18(23)15-7-11-22(12-8-15)26(2,24)25/h3-6,9-10,15H,7-8,11-13H2,1-2H3,(H,19,20,23). The van der Waals surface area contributed by atoms with Crippen LogP contribution in [0.15, 0.2) is 36.5 Å². The molecule has 1 aliphatic heterocycles. The minimum atomic E-state index is -3.18. The van der Waals surface area contributed by atoms with Crippen molar-refractivity contribution in [3.05, 3.63) is 47.7 Å². The second-order valence-electron chi connectivity index (χ2n) is 6.75. The van der Waals surface area contributed by atoms with E-state index < -0.39 is 10.0 Å². The van der Waals surface area contributed by atoms with Gasteiger partial charge in [0.15, 0.2) is 5.82 Å². The molecular weight excluding hydrogens is 352 g/mol. The molecule has 1 aliphatic rings. The Morgan fingerprint density at radius 2 is 1.92 bits per heavy atom. The van der Waals surface area contributed by atoms with Crippen molar-refractivity contribution in [1.29, 1.82) is 0 Å². The molecule has 1 aromatic carbocycles. The number of piperidine rings is 1. The Balaban J connectivity index is 1.56. The van der Waals surface area contributed by atoms with Crippen LogP contribution in [0.2, 0.25) is 0 Å². The van der Waals surface area contributed by atoms with Crippen LogP contribution in [-0.2, 0) is 21.4 Å². The van der Waals surface area contributed by atoms with E-state index in [0.29, 0.717) is 38.3 Å². The van der Waals surface area contributed by atoms with Crippen LogP contribution in [0.25, 0.3) is 0 Å². The predicted octanol–water partition coefficient (Wildman–Crippen LogP) is 1.85. The molecule has 0 spiro atoms. The summed E-state index contributed by atoms with van der Waals surface area (Å²) in [6, 6.07) is 9.90. The summed E-state index contributed by atoms with van der Waals surface area (Å²) in [5, 5.41) is 7.26. The number of carbonyl (C=O) groups excluding carboxylic acids is 1. The number of aryl methyl sites for hydroxylation is 1. The summed E-state index contributed by atoms with van der Waals surface area (Å²) in [5.41, 5.74) is 2.38. The van der Waals surface area contributed by atoms with E-state index in [1.807, 2.05) is 18.3 Å². The van der Waals surface area contributed by atoms with Gasteiger partial charge < -0.3 is 5.32 Å². The summed E-state index contributed by atoms with van der Waals surface area (Å²) in [4.78, 5) is 12.4. The molecule has 1 N–H and O–H groups in total. The van der Waals surface area contributed by atoms with Crippen LogP contribution in [-0.4, -0.2) is 47.8 Å². The number of amides is 1. The fourth-order valence-electron chi connectivity index (χ4n) is 3.16. The van der Waals surface area contributed by atoms with E-state index in [9.17, 15) is 13.2 Å². The van der Waals surface area contributed by atoms with E-state index in [2.05, 4.69) is 29.5 Å². The van der Waals surface area contributed by atoms with E-state index in [-0.39, 0.29) is 11.8 Å². The maximum Gasteiger partial charge on any atom is 0.228 e. The highest BCUT2D eigenvalue weighted by molar-refractivity contribution is 7.88. The number of hydrogen-bond donors (Lipinski definition) is 1. The minimum Gasteiger partial charge on any atom is -0.309 e. The summed E-state index contributed by atoms with van der Waals surface area (Å²) >= 11 is 0. The molecule has 8 heteroatoms. The zero-order valence-corrected chi connectivity index (χ0v) is 15.9. The largest absolute Gasteiger partial charge is 0.309 e. The van der Waals surface area contributed by atoms with Gasteiger partial charge in [0.05, 0.1) is 12.8 Å². The van der Waals surface area contributed by atoms with Crippen molar-refractivity contribution >= 4 is 21.7 Å². The topological polar surface area (TPSA) is 84.3 Å². The Labute approximate surface area is 154 Å². The van der Waals surface area contributed by atoms with Gasteiger partial charge in [-0.25, -0.2) is 12.7 Å². The van der Waals surface area contributed by atoms with E-state index in [1.165, 1.54) is 21.7 Å². The van der Waals surface area contributed by atoms with Crippen LogP contribution in [0.5, 0.6) is 0 Å². The Hall–Kier alpha value is -2.19. The number of sulfonamides is 1. The molecule has 1 saturated heterocycles. The smallest absolute Gasteiger partial charge is 0.228 e.